The number of nitrogens with zero attached hydrogens (tertiary/aromatic N) is 1. The van der Waals surface area contributed by atoms with Crippen molar-refractivity contribution in [1.82, 2.24) is 10.2 Å². The summed E-state index contributed by atoms with van der Waals surface area (Å²) in [6, 6.07) is -0.132. The molecule has 2 aliphatic heterocycles. The topological polar surface area (TPSA) is 78.9 Å². The molecule has 2 rings (SSSR count). The highest BCUT2D eigenvalue weighted by Crippen LogP contribution is 2.14. The standard InChI is InChI=1S/C11H18N2O4S/c14-10(15)5-8-6-13(2-3-17-8)11(16)9-7-18-4-1-12-9/h8-9,12H,1-7H2,(H,14,15). The lowest BCUT2D eigenvalue weighted by molar-refractivity contribution is -0.148. The molecule has 0 saturated carbocycles. The Hall–Kier alpha value is -0.790. The molecule has 2 aliphatic rings. The van der Waals surface area contributed by atoms with Gasteiger partial charge in [-0.15, -0.1) is 0 Å². The van der Waals surface area contributed by atoms with Crippen LogP contribution in [-0.2, 0) is 14.3 Å². The van der Waals surface area contributed by atoms with Gasteiger partial charge in [0.1, 0.15) is 0 Å². The maximum absolute atomic E-state index is 12.2. The molecule has 2 unspecified atom stereocenters. The molecular weight excluding hydrogens is 256 g/mol. The van der Waals surface area contributed by atoms with Crippen LogP contribution in [0.1, 0.15) is 6.42 Å². The smallest absolute Gasteiger partial charge is 0.306 e. The van der Waals surface area contributed by atoms with E-state index in [0.717, 1.165) is 18.1 Å². The lowest BCUT2D eigenvalue weighted by Crippen LogP contribution is -2.55. The van der Waals surface area contributed by atoms with E-state index in [4.69, 9.17) is 9.84 Å². The zero-order chi connectivity index (χ0) is 13.0. The Bertz CT molecular complexity index is 320. The van der Waals surface area contributed by atoms with Crippen LogP contribution in [0.2, 0.25) is 0 Å². The maximum atomic E-state index is 12.2. The number of morpholine rings is 1. The van der Waals surface area contributed by atoms with Crippen molar-refractivity contribution in [2.75, 3.05) is 37.7 Å². The third-order valence-corrected chi connectivity index (χ3v) is 4.13. The van der Waals surface area contributed by atoms with Crippen LogP contribution in [0.25, 0.3) is 0 Å². The van der Waals surface area contributed by atoms with Crippen LogP contribution >= 0.6 is 11.8 Å². The third kappa shape index (κ3) is 3.60. The van der Waals surface area contributed by atoms with Crippen LogP contribution in [0.15, 0.2) is 0 Å². The number of rotatable bonds is 3. The molecule has 2 atom stereocenters. The number of aliphatic carboxylic acids is 1. The van der Waals surface area contributed by atoms with E-state index in [9.17, 15) is 9.59 Å². The molecule has 2 heterocycles. The predicted molar refractivity (Wildman–Crippen MR) is 67.7 cm³/mol. The highest BCUT2D eigenvalue weighted by atomic mass is 32.2. The fraction of sp³-hybridized carbons (Fsp3) is 0.818. The van der Waals surface area contributed by atoms with E-state index in [1.807, 2.05) is 0 Å². The summed E-state index contributed by atoms with van der Waals surface area (Å²) in [4.78, 5) is 24.6. The average Bonchev–Trinajstić information content (AvgIpc) is 2.38. The van der Waals surface area contributed by atoms with Gasteiger partial charge in [-0.3, -0.25) is 9.59 Å². The number of hydrogen-bond donors (Lipinski definition) is 2. The van der Waals surface area contributed by atoms with Crippen molar-refractivity contribution in [3.8, 4) is 0 Å². The van der Waals surface area contributed by atoms with Crippen LogP contribution in [0, 0.1) is 0 Å². The lowest BCUT2D eigenvalue weighted by Gasteiger charge is -2.35. The molecule has 7 heteroatoms. The fourth-order valence-corrected chi connectivity index (χ4v) is 3.11. The number of carbonyl (C=O) groups excluding carboxylic acids is 1. The first-order valence-electron chi connectivity index (χ1n) is 6.10. The van der Waals surface area contributed by atoms with E-state index in [2.05, 4.69) is 5.32 Å². The Balaban J connectivity index is 1.87. The normalized spacial score (nSPS) is 29.0. The number of thioether (sulfide) groups is 1. The molecule has 2 N–H and O–H groups in total. The fourth-order valence-electron chi connectivity index (χ4n) is 2.18. The molecule has 0 spiro atoms. The molecule has 18 heavy (non-hydrogen) atoms. The molecular formula is C11H18N2O4S. The van der Waals surface area contributed by atoms with Crippen LogP contribution in [0.4, 0.5) is 0 Å². The second-order valence-corrected chi connectivity index (χ2v) is 5.61. The molecule has 0 aromatic heterocycles. The summed E-state index contributed by atoms with van der Waals surface area (Å²) in [5, 5.41) is 11.9. The van der Waals surface area contributed by atoms with E-state index in [-0.39, 0.29) is 24.5 Å². The minimum atomic E-state index is -0.888. The van der Waals surface area contributed by atoms with Crippen molar-refractivity contribution in [2.45, 2.75) is 18.6 Å². The summed E-state index contributed by atoms with van der Waals surface area (Å²) in [6.07, 6.45) is -0.423. The van der Waals surface area contributed by atoms with Gasteiger partial charge < -0.3 is 20.1 Å². The highest BCUT2D eigenvalue weighted by molar-refractivity contribution is 7.99. The molecule has 2 saturated heterocycles. The second kappa shape index (κ2) is 6.40. The first-order valence-corrected chi connectivity index (χ1v) is 7.25. The number of ether oxygens (including phenoxy) is 1. The summed E-state index contributed by atoms with van der Waals surface area (Å²) in [5.41, 5.74) is 0. The molecule has 6 nitrogen and oxygen atoms in total. The summed E-state index contributed by atoms with van der Waals surface area (Å²) < 4.78 is 5.36. The summed E-state index contributed by atoms with van der Waals surface area (Å²) in [6.45, 7) is 2.21. The van der Waals surface area contributed by atoms with E-state index in [1.165, 1.54) is 0 Å². The first-order chi connectivity index (χ1) is 8.66. The SMILES string of the molecule is O=C(O)CC1CN(C(=O)C2CSCCN2)CCO1. The largest absolute Gasteiger partial charge is 0.481 e. The maximum Gasteiger partial charge on any atom is 0.306 e. The van der Waals surface area contributed by atoms with Gasteiger partial charge in [0.25, 0.3) is 0 Å². The highest BCUT2D eigenvalue weighted by Gasteiger charge is 2.30. The summed E-state index contributed by atoms with van der Waals surface area (Å²) >= 11 is 1.77. The van der Waals surface area contributed by atoms with Gasteiger partial charge in [0.2, 0.25) is 5.91 Å². The molecule has 2 fully saturated rings. The van der Waals surface area contributed by atoms with E-state index in [0.29, 0.717) is 19.7 Å². The third-order valence-electron chi connectivity index (χ3n) is 3.07. The van der Waals surface area contributed by atoms with Gasteiger partial charge in [-0.2, -0.15) is 11.8 Å². The summed E-state index contributed by atoms with van der Waals surface area (Å²) in [7, 11) is 0. The number of hydrogen-bond acceptors (Lipinski definition) is 5. The molecule has 0 aromatic carbocycles. The van der Waals surface area contributed by atoms with Crippen LogP contribution in [0.5, 0.6) is 0 Å². The van der Waals surface area contributed by atoms with Gasteiger partial charge in [-0.25, -0.2) is 0 Å². The van der Waals surface area contributed by atoms with Crippen molar-refractivity contribution in [1.29, 1.82) is 0 Å². The number of amides is 1. The van der Waals surface area contributed by atoms with Crippen molar-refractivity contribution in [2.24, 2.45) is 0 Å². The number of carboxylic acid groups (broad SMARTS) is 1. The van der Waals surface area contributed by atoms with Gasteiger partial charge in [-0.05, 0) is 0 Å². The van der Waals surface area contributed by atoms with Gasteiger partial charge in [0.05, 0.1) is 25.2 Å². The lowest BCUT2D eigenvalue weighted by atomic mass is 10.2. The van der Waals surface area contributed by atoms with Crippen molar-refractivity contribution in [3.63, 3.8) is 0 Å². The van der Waals surface area contributed by atoms with Crippen molar-refractivity contribution < 1.29 is 19.4 Å². The van der Waals surface area contributed by atoms with Crippen LogP contribution in [-0.4, -0.2) is 71.8 Å². The zero-order valence-corrected chi connectivity index (χ0v) is 10.9. The molecule has 1 amide bonds. The molecule has 0 bridgehead atoms. The van der Waals surface area contributed by atoms with Gasteiger partial charge in [0, 0.05) is 31.1 Å². The van der Waals surface area contributed by atoms with E-state index < -0.39 is 5.97 Å². The van der Waals surface area contributed by atoms with Crippen LogP contribution < -0.4 is 5.32 Å². The Morgan fingerprint density at radius 3 is 3.00 bits per heavy atom. The quantitative estimate of drug-likeness (QED) is 0.715. The Morgan fingerprint density at radius 1 is 1.50 bits per heavy atom. The zero-order valence-electron chi connectivity index (χ0n) is 10.1. The minimum Gasteiger partial charge on any atom is -0.481 e. The minimum absolute atomic E-state index is 0.0450. The van der Waals surface area contributed by atoms with Crippen molar-refractivity contribution in [3.05, 3.63) is 0 Å². The van der Waals surface area contributed by atoms with Gasteiger partial charge in [-0.1, -0.05) is 0 Å². The Labute approximate surface area is 110 Å². The number of carbonyl (C=O) groups is 2. The Morgan fingerprint density at radius 2 is 2.33 bits per heavy atom. The van der Waals surface area contributed by atoms with E-state index >= 15 is 0 Å². The molecule has 0 aromatic rings. The van der Waals surface area contributed by atoms with Gasteiger partial charge >= 0.3 is 5.97 Å². The molecule has 102 valence electrons. The molecule has 0 radical (unpaired) electrons. The van der Waals surface area contributed by atoms with Gasteiger partial charge in [0.15, 0.2) is 0 Å². The average molecular weight is 274 g/mol. The van der Waals surface area contributed by atoms with Crippen molar-refractivity contribution >= 4 is 23.6 Å². The number of carboxylic acids is 1. The Kier molecular flexibility index (Phi) is 4.85. The second-order valence-electron chi connectivity index (χ2n) is 4.46. The summed E-state index contributed by atoms with van der Waals surface area (Å²) in [5.74, 6) is 1.01. The first kappa shape index (κ1) is 13.6. The monoisotopic (exact) mass is 274 g/mol. The van der Waals surface area contributed by atoms with Crippen LogP contribution in [0.3, 0.4) is 0 Å². The molecule has 0 aliphatic carbocycles. The predicted octanol–water partition coefficient (Wildman–Crippen LogP) is -0.606. The van der Waals surface area contributed by atoms with E-state index in [1.54, 1.807) is 16.7 Å². The number of nitrogens with one attached hydrogen (secondary N) is 1.